The molecule has 0 bridgehead atoms. The summed E-state index contributed by atoms with van der Waals surface area (Å²) < 4.78 is 15.6. The molecule has 0 saturated carbocycles. The lowest BCUT2D eigenvalue weighted by atomic mass is 9.74. The number of carbonyl (C=O) groups is 2. The number of aromatic hydroxyl groups is 2. The number of phenols is 2. The fourth-order valence-corrected chi connectivity index (χ4v) is 15.5. The second-order valence-electron chi connectivity index (χ2n) is 23.4. The van der Waals surface area contributed by atoms with E-state index in [1.807, 2.05) is 53.6 Å². The lowest BCUT2D eigenvalue weighted by molar-refractivity contribution is 0.125. The predicted molar refractivity (Wildman–Crippen MR) is 327 cm³/mol. The van der Waals surface area contributed by atoms with Gasteiger partial charge < -0.3 is 40.4 Å². The summed E-state index contributed by atoms with van der Waals surface area (Å²) in [4.78, 5) is 50.9. The summed E-state index contributed by atoms with van der Waals surface area (Å²) >= 11 is 23.0. The van der Waals surface area contributed by atoms with Crippen LogP contribution in [0.5, 0.6) is 11.5 Å². The Morgan fingerprint density at radius 1 is 0.691 bits per heavy atom. The second-order valence-corrected chi connectivity index (χ2v) is 26.7. The molecule has 8 aromatic rings. The van der Waals surface area contributed by atoms with Gasteiger partial charge >= 0.3 is 12.1 Å². The number of anilines is 8. The Kier molecular flexibility index (Phi) is 14.7. The van der Waals surface area contributed by atoms with Crippen LogP contribution in [0.2, 0.25) is 15.1 Å². The predicted octanol–water partition coefficient (Wildman–Crippen LogP) is 15.0. The highest BCUT2D eigenvalue weighted by molar-refractivity contribution is 7.22. The largest absolute Gasteiger partial charge is 0.506 e. The average molecular weight is 1190 g/mol. The topological polar surface area (TPSA) is 174 Å². The van der Waals surface area contributed by atoms with Gasteiger partial charge in [-0.15, -0.1) is 0 Å². The summed E-state index contributed by atoms with van der Waals surface area (Å²) in [7, 11) is 0. The molecule has 2 saturated heterocycles. The van der Waals surface area contributed by atoms with Gasteiger partial charge in [-0.05, 0) is 154 Å². The first-order valence-corrected chi connectivity index (χ1v) is 30.0. The van der Waals surface area contributed by atoms with Crippen molar-refractivity contribution in [3.8, 4) is 11.5 Å². The molecule has 81 heavy (non-hydrogen) atoms. The number of nitrogens with one attached hydrogen (secondary N) is 4. The number of halogens is 4. The number of likely N-dealkylation sites (tertiary alicyclic amines) is 2. The van der Waals surface area contributed by atoms with Crippen LogP contribution in [0.3, 0.4) is 0 Å². The Balaban J connectivity index is 0.767. The molecule has 2 spiro atoms. The maximum Gasteiger partial charge on any atom is 0.325 e. The summed E-state index contributed by atoms with van der Waals surface area (Å²) in [5.41, 5.74) is 6.40. The number of thiazole rings is 2. The first kappa shape index (κ1) is 55.0. The highest BCUT2D eigenvalue weighted by atomic mass is 35.5. The Morgan fingerprint density at radius 3 is 1.88 bits per heavy atom. The van der Waals surface area contributed by atoms with Crippen LogP contribution in [-0.4, -0.2) is 99.4 Å². The molecule has 12 rings (SSSR count). The van der Waals surface area contributed by atoms with Gasteiger partial charge in [-0.2, -0.15) is 0 Å². The van der Waals surface area contributed by atoms with Crippen LogP contribution in [0, 0.1) is 17.2 Å². The number of rotatable bonds is 11. The Bertz CT molecular complexity index is 3760. The van der Waals surface area contributed by atoms with Crippen molar-refractivity contribution in [3.63, 3.8) is 0 Å². The van der Waals surface area contributed by atoms with Crippen LogP contribution >= 0.6 is 57.5 Å². The van der Waals surface area contributed by atoms with Gasteiger partial charge in [0, 0.05) is 69.4 Å². The van der Waals surface area contributed by atoms with Crippen molar-refractivity contribution in [3.05, 3.63) is 135 Å². The summed E-state index contributed by atoms with van der Waals surface area (Å²) in [6.45, 7) is 15.1. The molecule has 420 valence electrons. The van der Waals surface area contributed by atoms with Gasteiger partial charge in [-0.25, -0.2) is 28.9 Å². The minimum absolute atomic E-state index is 0.0893. The van der Waals surface area contributed by atoms with Gasteiger partial charge in [-0.1, -0.05) is 97.3 Å². The molecule has 1 atom stereocenters. The van der Waals surface area contributed by atoms with Crippen molar-refractivity contribution in [2.45, 2.75) is 70.6 Å². The number of hydrogen-bond donors (Lipinski definition) is 6. The number of nitrogens with zero attached hydrogens (tertiary/aromatic N) is 7. The van der Waals surface area contributed by atoms with Gasteiger partial charge in [0.2, 0.25) is 0 Å². The third kappa shape index (κ3) is 11.0. The summed E-state index contributed by atoms with van der Waals surface area (Å²) in [5.74, 6) is 0.461. The molecule has 15 nitrogen and oxygen atoms in total. The highest BCUT2D eigenvalue weighted by Crippen LogP contribution is 2.58. The molecule has 4 aliphatic heterocycles. The maximum atomic E-state index is 14.1. The number of phenolic OH excluding ortho intramolecular Hbond substituents is 2. The average Bonchev–Trinajstić information content (AvgIpc) is 4.14. The number of aromatic nitrogens is 3. The SMILES string of the molecule is CC(Cc1cnc(N2CC3(CCN(CC(C)(C)C)CC3)c3c(Cl)ccc(O)c32)c(NC(=O)Nc2nc3ccc(F)cc3s2)c1)CN1CCC2(CC1)CN(c1ccccc1NC(=O)Nc1nc3ccc(Cl)cc3s1)c1c(O)ccc(Cl)c12. The zero-order chi connectivity index (χ0) is 56.5. The lowest BCUT2D eigenvalue weighted by Gasteiger charge is -2.42. The van der Waals surface area contributed by atoms with Crippen LogP contribution in [0.1, 0.15) is 70.1 Å². The van der Waals surface area contributed by atoms with Crippen molar-refractivity contribution >= 4 is 134 Å². The van der Waals surface area contributed by atoms with Gasteiger partial charge in [0.25, 0.3) is 0 Å². The molecule has 5 aromatic carbocycles. The number of pyridine rings is 1. The molecule has 0 aliphatic carbocycles. The van der Waals surface area contributed by atoms with E-state index >= 15 is 0 Å². The minimum atomic E-state index is -0.539. The molecule has 2 fully saturated rings. The third-order valence-corrected chi connectivity index (χ3v) is 19.0. The van der Waals surface area contributed by atoms with E-state index in [1.165, 1.54) is 34.8 Å². The van der Waals surface area contributed by atoms with Crippen molar-refractivity contribution in [2.24, 2.45) is 11.3 Å². The second kappa shape index (κ2) is 21.7. The number of hydrogen-bond acceptors (Lipinski definition) is 13. The van der Waals surface area contributed by atoms with Crippen LogP contribution in [0.4, 0.5) is 58.5 Å². The first-order chi connectivity index (χ1) is 38.8. The smallest absolute Gasteiger partial charge is 0.325 e. The monoisotopic (exact) mass is 1190 g/mol. The summed E-state index contributed by atoms with van der Waals surface area (Å²) in [5, 5.41) is 37.7. The normalized spacial score (nSPS) is 17.2. The van der Waals surface area contributed by atoms with E-state index in [9.17, 15) is 24.2 Å². The number of piperidine rings is 2. The lowest BCUT2D eigenvalue weighted by Crippen LogP contribution is -2.47. The van der Waals surface area contributed by atoms with E-state index in [0.717, 1.165) is 97.5 Å². The molecule has 1 unspecified atom stereocenters. The zero-order valence-electron chi connectivity index (χ0n) is 45.2. The van der Waals surface area contributed by atoms with Crippen LogP contribution in [0.25, 0.3) is 20.4 Å². The Labute approximate surface area is 492 Å². The van der Waals surface area contributed by atoms with E-state index in [4.69, 9.17) is 39.8 Å². The van der Waals surface area contributed by atoms with Gasteiger partial charge in [0.1, 0.15) is 17.3 Å². The molecule has 3 aromatic heterocycles. The van der Waals surface area contributed by atoms with Crippen LogP contribution in [0.15, 0.2) is 97.2 Å². The summed E-state index contributed by atoms with van der Waals surface area (Å²) in [6.07, 6.45) is 5.74. The molecule has 4 aliphatic rings. The van der Waals surface area contributed by atoms with E-state index in [0.29, 0.717) is 83.6 Å². The fourth-order valence-electron chi connectivity index (χ4n) is 12.8. The first-order valence-electron chi connectivity index (χ1n) is 27.2. The van der Waals surface area contributed by atoms with E-state index in [-0.39, 0.29) is 39.5 Å². The quantitative estimate of drug-likeness (QED) is 0.0727. The van der Waals surface area contributed by atoms with Crippen LogP contribution < -0.4 is 31.1 Å². The van der Waals surface area contributed by atoms with E-state index < -0.39 is 12.1 Å². The number of urea groups is 2. The Hall–Kier alpha value is -6.51. The van der Waals surface area contributed by atoms with E-state index in [2.05, 4.69) is 73.6 Å². The molecule has 0 radical (unpaired) electrons. The molecular weight excluding hydrogens is 1130 g/mol. The van der Waals surface area contributed by atoms with Crippen molar-refractivity contribution < 1.29 is 24.2 Å². The fraction of sp³-hybridized carbons (Fsp3) is 0.350. The maximum absolute atomic E-state index is 14.1. The van der Waals surface area contributed by atoms with Gasteiger partial charge in [0.05, 0.1) is 48.9 Å². The van der Waals surface area contributed by atoms with Crippen molar-refractivity contribution in [1.29, 1.82) is 0 Å². The van der Waals surface area contributed by atoms with Crippen LogP contribution in [-0.2, 0) is 17.3 Å². The van der Waals surface area contributed by atoms with Gasteiger partial charge in [0.15, 0.2) is 16.1 Å². The number of fused-ring (bicyclic) bond motifs is 6. The number of amides is 4. The number of carbonyl (C=O) groups excluding carboxylic acids is 2. The molecule has 7 heterocycles. The molecule has 21 heteroatoms. The number of para-hydroxylation sites is 2. The summed E-state index contributed by atoms with van der Waals surface area (Å²) in [6, 6.07) is 25.1. The molecular formula is C60H61Cl3FN11O4S2. The third-order valence-electron chi connectivity index (χ3n) is 16.2. The highest BCUT2D eigenvalue weighted by Gasteiger charge is 2.50. The van der Waals surface area contributed by atoms with Crippen molar-refractivity contribution in [2.75, 3.05) is 83.4 Å². The van der Waals surface area contributed by atoms with E-state index in [1.54, 1.807) is 36.4 Å². The molecule has 6 N–H and O–H groups in total. The minimum Gasteiger partial charge on any atom is -0.506 e. The Morgan fingerprint density at radius 2 is 1.25 bits per heavy atom. The van der Waals surface area contributed by atoms with Crippen molar-refractivity contribution in [1.82, 2.24) is 24.8 Å². The zero-order valence-corrected chi connectivity index (χ0v) is 49.1. The standard InChI is InChI=1S/C60H61Cl3FN11O4S2/c1-34(30-72-21-17-59(18-22-72)32-74(51-45(76)15-11-38(62)49(51)59)44-8-6-5-7-40(44)66-54(78)70-56-68-41-13-9-36(61)27-47(41)80-56)25-35-26-43(67-55(79)71-57-69-42-14-10-37(64)28-48(42)81-57)53(65-29-35)75-33-60(50-39(63)12-16-46(77)52(50)75)19-23-73(24-20-60)31-58(2,3)4/h5-16,26-29,34,76-77H,17-25,30-33H2,1-4H3,(H2,66,68,70,78)(H2,67,69,71,79). The van der Waals surface area contributed by atoms with Gasteiger partial charge in [-0.3, -0.25) is 10.6 Å². The number of benzene rings is 5. The molecule has 4 amide bonds.